The van der Waals surface area contributed by atoms with Crippen molar-refractivity contribution in [2.45, 2.75) is 115 Å². The number of quaternary nitrogens is 1. The molecule has 10 heteroatoms. The van der Waals surface area contributed by atoms with Gasteiger partial charge in [-0.25, -0.2) is 4.79 Å². The number of ether oxygens (including phenoxy) is 2. The number of rotatable bonds is 8. The maximum atomic E-state index is 15.2. The van der Waals surface area contributed by atoms with Crippen LogP contribution in [-0.2, 0) is 23.9 Å². The van der Waals surface area contributed by atoms with E-state index in [2.05, 4.69) is 41.1 Å². The van der Waals surface area contributed by atoms with E-state index >= 15 is 4.79 Å². The summed E-state index contributed by atoms with van der Waals surface area (Å²) in [6, 6.07) is 7.64. The molecule has 1 N–H and O–H groups in total. The lowest BCUT2D eigenvalue weighted by molar-refractivity contribution is -0.840. The van der Waals surface area contributed by atoms with Crippen LogP contribution in [-0.4, -0.2) is 115 Å². The third-order valence-corrected chi connectivity index (χ3v) is 12.4. The maximum absolute atomic E-state index is 15.2. The summed E-state index contributed by atoms with van der Waals surface area (Å²) < 4.78 is 11.6. The minimum Gasteiger partial charge on any atom is -0.381 e. The molecule has 4 aliphatic heterocycles. The van der Waals surface area contributed by atoms with E-state index in [4.69, 9.17) is 21.1 Å². The summed E-state index contributed by atoms with van der Waals surface area (Å²) >= 11 is 6.30. The van der Waals surface area contributed by atoms with Gasteiger partial charge in [-0.3, -0.25) is 19.0 Å². The number of carbonyl (C=O) groups is 3. The molecule has 6 rings (SSSR count). The molecule has 0 spiro atoms. The fourth-order valence-corrected chi connectivity index (χ4v) is 9.48. The molecular formula is C37H56ClN4O5+. The number of nitrogens with one attached hydrogen (secondary N) is 1. The van der Waals surface area contributed by atoms with Crippen molar-refractivity contribution in [2.24, 2.45) is 11.3 Å². The number of amides is 3. The zero-order valence-corrected chi connectivity index (χ0v) is 29.7. The van der Waals surface area contributed by atoms with Gasteiger partial charge in [0.15, 0.2) is 6.04 Å². The molecule has 1 aromatic rings. The highest BCUT2D eigenvalue weighted by molar-refractivity contribution is 6.30. The average Bonchev–Trinajstić information content (AvgIpc) is 3.83. The van der Waals surface area contributed by atoms with Crippen LogP contribution < -0.4 is 5.32 Å². The molecule has 1 unspecified atom stereocenters. The van der Waals surface area contributed by atoms with Crippen molar-refractivity contribution in [3.63, 3.8) is 0 Å². The first-order valence-corrected chi connectivity index (χ1v) is 18.6. The lowest BCUT2D eigenvalue weighted by Gasteiger charge is -2.43. The molecule has 6 atom stereocenters. The minimum absolute atomic E-state index is 0.00306. The summed E-state index contributed by atoms with van der Waals surface area (Å²) in [5, 5.41) is 3.73. The summed E-state index contributed by atoms with van der Waals surface area (Å²) in [5.74, 6) is -0.220. The third kappa shape index (κ3) is 7.30. The van der Waals surface area contributed by atoms with Crippen molar-refractivity contribution in [3.05, 3.63) is 34.9 Å². The summed E-state index contributed by atoms with van der Waals surface area (Å²) in [4.78, 5) is 48.0. The molecule has 5 fully saturated rings. The highest BCUT2D eigenvalue weighted by atomic mass is 35.5. The summed E-state index contributed by atoms with van der Waals surface area (Å²) in [5.41, 5.74) is 1.36. The van der Waals surface area contributed by atoms with Crippen molar-refractivity contribution in [1.29, 1.82) is 0 Å². The second kappa shape index (κ2) is 14.4. The van der Waals surface area contributed by atoms with Crippen LogP contribution >= 0.6 is 11.6 Å². The SMILES string of the molecule is CCNC(=O)[C@@H]1C[C@H](N(C(=O)[C@@H]2CCCO2)C2CCC(C)(C)CC2)C[N+]1(C)C(=O)[C@@H]1CN(C2CCOCC2)C[C@H]1c1ccc(Cl)cc1. The largest absolute Gasteiger partial charge is 0.381 e. The van der Waals surface area contributed by atoms with Gasteiger partial charge in [0.05, 0.1) is 19.0 Å². The van der Waals surface area contributed by atoms with E-state index in [1.807, 2.05) is 26.1 Å². The molecule has 1 saturated carbocycles. The number of likely N-dealkylation sites (N-methyl/N-ethyl adjacent to an activating group) is 2. The van der Waals surface area contributed by atoms with E-state index in [9.17, 15) is 9.59 Å². The normalized spacial score (nSPS) is 33.6. The molecule has 0 bridgehead atoms. The van der Waals surface area contributed by atoms with Gasteiger partial charge in [0.25, 0.3) is 11.8 Å². The van der Waals surface area contributed by atoms with E-state index in [0.29, 0.717) is 43.7 Å². The number of benzene rings is 1. The molecule has 3 amide bonds. The van der Waals surface area contributed by atoms with Gasteiger partial charge >= 0.3 is 5.91 Å². The number of halogens is 1. The Morgan fingerprint density at radius 3 is 2.34 bits per heavy atom. The Kier molecular flexibility index (Phi) is 10.7. The topological polar surface area (TPSA) is 88.2 Å². The van der Waals surface area contributed by atoms with Gasteiger partial charge < -0.3 is 19.7 Å². The van der Waals surface area contributed by atoms with Gasteiger partial charge in [0.2, 0.25) is 0 Å². The molecule has 260 valence electrons. The molecular weight excluding hydrogens is 616 g/mol. The van der Waals surface area contributed by atoms with Crippen LogP contribution in [0.2, 0.25) is 5.02 Å². The van der Waals surface area contributed by atoms with Crippen LogP contribution in [0.5, 0.6) is 0 Å². The van der Waals surface area contributed by atoms with Crippen LogP contribution in [0.25, 0.3) is 0 Å². The minimum atomic E-state index is -0.560. The van der Waals surface area contributed by atoms with Crippen LogP contribution in [0.1, 0.15) is 90.0 Å². The van der Waals surface area contributed by atoms with E-state index in [1.54, 1.807) is 0 Å². The highest BCUT2D eigenvalue weighted by Crippen LogP contribution is 2.43. The zero-order valence-electron chi connectivity index (χ0n) is 28.9. The quantitative estimate of drug-likeness (QED) is 0.401. The molecule has 4 saturated heterocycles. The Balaban J connectivity index is 1.32. The third-order valence-electron chi connectivity index (χ3n) is 12.2. The lowest BCUT2D eigenvalue weighted by Crippen LogP contribution is -2.61. The molecule has 4 heterocycles. The molecule has 9 nitrogen and oxygen atoms in total. The van der Waals surface area contributed by atoms with E-state index < -0.39 is 12.1 Å². The van der Waals surface area contributed by atoms with Gasteiger partial charge in [-0.05, 0) is 81.4 Å². The first-order chi connectivity index (χ1) is 22.5. The Bertz CT molecular complexity index is 1270. The summed E-state index contributed by atoms with van der Waals surface area (Å²) in [6.45, 7) is 11.0. The Morgan fingerprint density at radius 1 is 1.00 bits per heavy atom. The van der Waals surface area contributed by atoms with Gasteiger partial charge in [-0.2, -0.15) is 0 Å². The second-order valence-electron chi connectivity index (χ2n) is 15.8. The zero-order chi connectivity index (χ0) is 33.3. The van der Waals surface area contributed by atoms with Crippen LogP contribution in [0, 0.1) is 11.3 Å². The van der Waals surface area contributed by atoms with E-state index in [0.717, 1.165) is 76.7 Å². The Morgan fingerprint density at radius 2 is 1.70 bits per heavy atom. The predicted octanol–water partition coefficient (Wildman–Crippen LogP) is 4.76. The molecule has 1 aromatic carbocycles. The molecule has 0 aromatic heterocycles. The number of likely N-dealkylation sites (tertiary alicyclic amines) is 2. The van der Waals surface area contributed by atoms with Crippen molar-refractivity contribution >= 4 is 29.3 Å². The number of hydrogen-bond acceptors (Lipinski definition) is 6. The van der Waals surface area contributed by atoms with Crippen molar-refractivity contribution in [2.75, 3.05) is 53.0 Å². The standard InChI is InChI=1S/C37H55ClN4O5/c1-5-39-34(43)32-21-29(41(35(44)33-7-6-18-47-33)28-12-16-37(2,3)17-13-28)24-42(32,4)36(45)31-23-40(27-14-19-46-20-15-27)22-30(31)25-8-10-26(38)11-9-25/h8-11,27-33H,5-7,12-24H2,1-4H3/p+1/t29-,30-,31+,32-,33-,42?/m0/s1. The predicted molar refractivity (Wildman–Crippen MR) is 182 cm³/mol. The van der Waals surface area contributed by atoms with Crippen molar-refractivity contribution in [1.82, 2.24) is 15.1 Å². The van der Waals surface area contributed by atoms with E-state index in [1.165, 1.54) is 0 Å². The van der Waals surface area contributed by atoms with Gasteiger partial charge in [0, 0.05) is 68.9 Å². The molecule has 5 aliphatic rings. The smallest absolute Gasteiger partial charge is 0.319 e. The summed E-state index contributed by atoms with van der Waals surface area (Å²) in [6.07, 6.45) is 7.57. The highest BCUT2D eigenvalue weighted by Gasteiger charge is 2.59. The first-order valence-electron chi connectivity index (χ1n) is 18.2. The molecule has 0 radical (unpaired) electrons. The molecule has 1 aliphatic carbocycles. The fourth-order valence-electron chi connectivity index (χ4n) is 9.35. The van der Waals surface area contributed by atoms with Crippen molar-refractivity contribution < 1.29 is 28.3 Å². The Hall–Kier alpha value is -2.04. The van der Waals surface area contributed by atoms with Crippen molar-refractivity contribution in [3.8, 4) is 0 Å². The van der Waals surface area contributed by atoms with Gasteiger partial charge in [-0.1, -0.05) is 37.6 Å². The van der Waals surface area contributed by atoms with Gasteiger partial charge in [0.1, 0.15) is 12.6 Å². The first kappa shape index (κ1) is 34.8. The monoisotopic (exact) mass is 671 g/mol. The number of nitrogens with zero attached hydrogens (tertiary/aromatic N) is 3. The lowest BCUT2D eigenvalue weighted by atomic mass is 9.75. The average molecular weight is 672 g/mol. The fraction of sp³-hybridized carbons (Fsp3) is 0.757. The van der Waals surface area contributed by atoms with E-state index in [-0.39, 0.29) is 51.5 Å². The summed E-state index contributed by atoms with van der Waals surface area (Å²) in [7, 11) is 1.97. The Labute approximate surface area is 286 Å². The maximum Gasteiger partial charge on any atom is 0.319 e. The number of hydrogen-bond donors (Lipinski definition) is 1. The van der Waals surface area contributed by atoms with Crippen LogP contribution in [0.15, 0.2) is 24.3 Å². The van der Waals surface area contributed by atoms with Crippen LogP contribution in [0.3, 0.4) is 0 Å². The van der Waals surface area contributed by atoms with Crippen LogP contribution in [0.4, 0.5) is 0 Å². The second-order valence-corrected chi connectivity index (χ2v) is 16.2. The number of carbonyl (C=O) groups excluding carboxylic acids is 3. The molecule has 47 heavy (non-hydrogen) atoms. The van der Waals surface area contributed by atoms with Gasteiger partial charge in [-0.15, -0.1) is 0 Å².